The summed E-state index contributed by atoms with van der Waals surface area (Å²) in [5, 5.41) is 2.98. The third kappa shape index (κ3) is 2.80. The molecule has 1 fully saturated rings. The Morgan fingerprint density at radius 1 is 1.58 bits per heavy atom. The maximum absolute atomic E-state index is 12.2. The van der Waals surface area contributed by atoms with Crippen molar-refractivity contribution in [3.8, 4) is 0 Å². The highest BCUT2D eigenvalue weighted by molar-refractivity contribution is 7.84. The molecule has 0 aromatic carbocycles. The molecule has 2 atom stereocenters. The predicted octanol–water partition coefficient (Wildman–Crippen LogP) is 3.20. The van der Waals surface area contributed by atoms with Crippen LogP contribution >= 0.6 is 11.3 Å². The van der Waals surface area contributed by atoms with Crippen LogP contribution in [0.1, 0.15) is 35.4 Å². The minimum absolute atomic E-state index is 0.142. The van der Waals surface area contributed by atoms with Crippen LogP contribution in [-0.4, -0.2) is 15.8 Å². The Kier molecular flexibility index (Phi) is 3.81. The minimum Gasteiger partial charge on any atom is -0.468 e. The first-order chi connectivity index (χ1) is 9.24. The smallest absolute Gasteiger partial charge is 0.122 e. The number of aromatic nitrogens is 1. The molecule has 19 heavy (non-hydrogen) atoms. The molecule has 0 unspecified atom stereocenters. The normalized spacial score (nSPS) is 20.8. The lowest BCUT2D eigenvalue weighted by atomic mass is 10.2. The first-order valence-corrected chi connectivity index (χ1v) is 8.42. The Balaban J connectivity index is 1.70. The standard InChI is InChI=1S/C13H15NO3S2/c1-9-12(4-6-16-9)19(15)8-10-7-18-13(14-10)11-3-2-5-17-11/h4,6-7,11H,2-3,5,8H2,1H3/t11-,19+/m0/s1. The van der Waals surface area contributed by atoms with E-state index in [9.17, 15) is 4.21 Å². The van der Waals surface area contributed by atoms with Gasteiger partial charge in [-0.2, -0.15) is 0 Å². The fourth-order valence-corrected chi connectivity index (χ4v) is 4.28. The molecule has 1 saturated heterocycles. The average Bonchev–Trinajstić information content (AvgIpc) is 3.07. The van der Waals surface area contributed by atoms with Crippen LogP contribution in [-0.2, 0) is 21.3 Å². The van der Waals surface area contributed by atoms with Crippen LogP contribution in [0.15, 0.2) is 27.0 Å². The number of furan rings is 1. The van der Waals surface area contributed by atoms with Gasteiger partial charge >= 0.3 is 0 Å². The van der Waals surface area contributed by atoms with Crippen molar-refractivity contribution in [3.63, 3.8) is 0 Å². The van der Waals surface area contributed by atoms with E-state index in [0.29, 0.717) is 11.5 Å². The van der Waals surface area contributed by atoms with Crippen LogP contribution in [0.5, 0.6) is 0 Å². The van der Waals surface area contributed by atoms with Gasteiger partial charge in [-0.3, -0.25) is 4.21 Å². The number of thiazole rings is 1. The predicted molar refractivity (Wildman–Crippen MR) is 73.6 cm³/mol. The van der Waals surface area contributed by atoms with Crippen LogP contribution in [0.2, 0.25) is 0 Å². The Hall–Kier alpha value is -0.980. The summed E-state index contributed by atoms with van der Waals surface area (Å²) in [4.78, 5) is 5.30. The van der Waals surface area contributed by atoms with Crippen molar-refractivity contribution in [2.24, 2.45) is 0 Å². The second-order valence-electron chi connectivity index (χ2n) is 4.51. The molecule has 0 aliphatic carbocycles. The highest BCUT2D eigenvalue weighted by Gasteiger charge is 2.21. The molecule has 6 heteroatoms. The van der Waals surface area contributed by atoms with E-state index in [0.717, 1.165) is 35.0 Å². The number of ether oxygens (including phenoxy) is 1. The molecule has 2 aromatic heterocycles. The first kappa shape index (κ1) is 13.0. The Morgan fingerprint density at radius 2 is 2.47 bits per heavy atom. The van der Waals surface area contributed by atoms with Crippen molar-refractivity contribution in [1.29, 1.82) is 0 Å². The van der Waals surface area contributed by atoms with Gasteiger partial charge in [0.1, 0.15) is 16.9 Å². The van der Waals surface area contributed by atoms with Gasteiger partial charge in [0, 0.05) is 12.0 Å². The van der Waals surface area contributed by atoms with Gasteiger partial charge in [-0.25, -0.2) is 4.98 Å². The Morgan fingerprint density at radius 3 is 3.16 bits per heavy atom. The van der Waals surface area contributed by atoms with E-state index in [1.54, 1.807) is 23.7 Å². The molecule has 0 N–H and O–H groups in total. The maximum Gasteiger partial charge on any atom is 0.122 e. The van der Waals surface area contributed by atoms with E-state index in [2.05, 4.69) is 4.98 Å². The van der Waals surface area contributed by atoms with E-state index in [-0.39, 0.29) is 6.10 Å². The van der Waals surface area contributed by atoms with Crippen molar-refractivity contribution in [2.45, 2.75) is 36.5 Å². The van der Waals surface area contributed by atoms with Gasteiger partial charge in [0.15, 0.2) is 0 Å². The van der Waals surface area contributed by atoms with Crippen molar-refractivity contribution in [3.05, 3.63) is 34.2 Å². The fourth-order valence-electron chi connectivity index (χ4n) is 2.13. The molecule has 102 valence electrons. The lowest BCUT2D eigenvalue weighted by Gasteiger charge is -2.03. The van der Waals surface area contributed by atoms with Crippen molar-refractivity contribution >= 4 is 22.1 Å². The fraction of sp³-hybridized carbons (Fsp3) is 0.462. The maximum atomic E-state index is 12.2. The Labute approximate surface area is 118 Å². The molecule has 2 aromatic rings. The van der Waals surface area contributed by atoms with E-state index in [4.69, 9.17) is 9.15 Å². The molecule has 0 saturated carbocycles. The molecule has 0 bridgehead atoms. The van der Waals surface area contributed by atoms with E-state index in [1.807, 2.05) is 12.3 Å². The summed E-state index contributed by atoms with van der Waals surface area (Å²) in [6.45, 7) is 2.64. The minimum atomic E-state index is -1.09. The topological polar surface area (TPSA) is 52.3 Å². The molecule has 1 aliphatic rings. The Bertz CT molecular complexity index is 584. The lowest BCUT2D eigenvalue weighted by Crippen LogP contribution is -1.99. The molecule has 0 amide bonds. The van der Waals surface area contributed by atoms with Gasteiger partial charge in [0.25, 0.3) is 0 Å². The SMILES string of the molecule is Cc1occc1[S@](=O)Cc1csc([C@@H]2CCCO2)n1. The summed E-state index contributed by atoms with van der Waals surface area (Å²) in [5.74, 6) is 1.15. The highest BCUT2D eigenvalue weighted by Crippen LogP contribution is 2.31. The first-order valence-electron chi connectivity index (χ1n) is 6.22. The van der Waals surface area contributed by atoms with Crippen LogP contribution < -0.4 is 0 Å². The zero-order valence-corrected chi connectivity index (χ0v) is 12.3. The summed E-state index contributed by atoms with van der Waals surface area (Å²) < 4.78 is 23.0. The largest absolute Gasteiger partial charge is 0.468 e. The second kappa shape index (κ2) is 5.56. The summed E-state index contributed by atoms with van der Waals surface area (Å²) in [6, 6.07) is 1.76. The van der Waals surface area contributed by atoms with Crippen LogP contribution in [0, 0.1) is 6.92 Å². The number of hydrogen-bond donors (Lipinski definition) is 0. The highest BCUT2D eigenvalue weighted by atomic mass is 32.2. The average molecular weight is 297 g/mol. The van der Waals surface area contributed by atoms with Crippen molar-refractivity contribution in [2.75, 3.05) is 6.61 Å². The zero-order valence-electron chi connectivity index (χ0n) is 10.6. The van der Waals surface area contributed by atoms with Gasteiger partial charge in [-0.15, -0.1) is 11.3 Å². The van der Waals surface area contributed by atoms with E-state index in [1.165, 1.54) is 0 Å². The van der Waals surface area contributed by atoms with Crippen LogP contribution in [0.3, 0.4) is 0 Å². The molecular formula is C13H15NO3S2. The lowest BCUT2D eigenvalue weighted by molar-refractivity contribution is 0.111. The third-order valence-corrected chi connectivity index (χ3v) is 5.57. The van der Waals surface area contributed by atoms with Gasteiger partial charge in [-0.1, -0.05) is 0 Å². The molecule has 3 heterocycles. The van der Waals surface area contributed by atoms with E-state index < -0.39 is 10.8 Å². The zero-order chi connectivity index (χ0) is 13.2. The number of rotatable bonds is 4. The molecule has 1 aliphatic heterocycles. The quantitative estimate of drug-likeness (QED) is 0.869. The second-order valence-corrected chi connectivity index (χ2v) is 6.82. The van der Waals surface area contributed by atoms with E-state index >= 15 is 0 Å². The monoisotopic (exact) mass is 297 g/mol. The van der Waals surface area contributed by atoms with Gasteiger partial charge in [-0.05, 0) is 25.8 Å². The molecular weight excluding hydrogens is 282 g/mol. The van der Waals surface area contributed by atoms with Crippen LogP contribution in [0.4, 0.5) is 0 Å². The number of hydrogen-bond acceptors (Lipinski definition) is 5. The third-order valence-electron chi connectivity index (χ3n) is 3.11. The van der Waals surface area contributed by atoms with Crippen LogP contribution in [0.25, 0.3) is 0 Å². The van der Waals surface area contributed by atoms with Gasteiger partial charge < -0.3 is 9.15 Å². The summed E-state index contributed by atoms with van der Waals surface area (Å²) in [7, 11) is -1.09. The summed E-state index contributed by atoms with van der Waals surface area (Å²) in [5.41, 5.74) is 0.870. The van der Waals surface area contributed by atoms with Gasteiger partial charge in [0.05, 0.1) is 33.4 Å². The molecule has 0 spiro atoms. The van der Waals surface area contributed by atoms with Crippen molar-refractivity contribution in [1.82, 2.24) is 4.98 Å². The summed E-state index contributed by atoms with van der Waals surface area (Å²) in [6.07, 6.45) is 3.85. The number of nitrogens with zero attached hydrogens (tertiary/aromatic N) is 1. The molecule has 3 rings (SSSR count). The van der Waals surface area contributed by atoms with Crippen molar-refractivity contribution < 1.29 is 13.4 Å². The van der Waals surface area contributed by atoms with Gasteiger partial charge in [0.2, 0.25) is 0 Å². The number of aryl methyl sites for hydroxylation is 1. The molecule has 0 radical (unpaired) electrons. The molecule has 4 nitrogen and oxygen atoms in total. The summed E-state index contributed by atoms with van der Waals surface area (Å²) >= 11 is 1.60.